The molecule has 35 heavy (non-hydrogen) atoms. The Hall–Kier alpha value is -3.40. The van der Waals surface area contributed by atoms with Crippen LogP contribution < -0.4 is 25.3 Å². The van der Waals surface area contributed by atoms with Crippen molar-refractivity contribution in [1.82, 2.24) is 14.7 Å². The number of nitrogens with zero attached hydrogens (tertiary/aromatic N) is 2. The lowest BCUT2D eigenvalue weighted by atomic mass is 9.69. The van der Waals surface area contributed by atoms with Crippen LogP contribution >= 0.6 is 0 Å². The summed E-state index contributed by atoms with van der Waals surface area (Å²) in [4.78, 5) is 17.2. The van der Waals surface area contributed by atoms with E-state index in [4.69, 9.17) is 19.9 Å². The number of amides is 1. The van der Waals surface area contributed by atoms with Gasteiger partial charge in [0.25, 0.3) is 5.91 Å². The number of nitrogens with one attached hydrogen (secondary N) is 1. The Balaban J connectivity index is 1.46. The molecule has 0 atom stereocenters. The molecule has 5 rings (SSSR count). The lowest BCUT2D eigenvalue weighted by Gasteiger charge is -2.40. The number of hydrogen-bond acceptors (Lipinski definition) is 6. The summed E-state index contributed by atoms with van der Waals surface area (Å²) in [5, 5.41) is 2.80. The largest absolute Gasteiger partial charge is 0.496 e. The average Bonchev–Trinajstić information content (AvgIpc) is 3.52. The third-order valence-corrected chi connectivity index (χ3v) is 6.81. The number of alkyl halides is 2. The summed E-state index contributed by atoms with van der Waals surface area (Å²) < 4.78 is 44.4. The molecule has 0 saturated heterocycles. The van der Waals surface area contributed by atoms with Crippen LogP contribution in [0.25, 0.3) is 16.9 Å². The summed E-state index contributed by atoms with van der Waals surface area (Å²) in [6.07, 6.45) is 8.45. The zero-order valence-corrected chi connectivity index (χ0v) is 19.4. The van der Waals surface area contributed by atoms with Crippen LogP contribution in [0.3, 0.4) is 0 Å². The Morgan fingerprint density at radius 3 is 2.69 bits per heavy atom. The minimum Gasteiger partial charge on any atom is -0.496 e. The van der Waals surface area contributed by atoms with Crippen molar-refractivity contribution in [2.24, 2.45) is 11.1 Å². The fraction of sp³-hybridized carbons (Fsp3) is 0.440. The van der Waals surface area contributed by atoms with Gasteiger partial charge < -0.3 is 25.3 Å². The molecule has 8 nitrogen and oxygen atoms in total. The first-order valence-electron chi connectivity index (χ1n) is 11.7. The predicted octanol–water partition coefficient (Wildman–Crippen LogP) is 4.01. The Kier molecular flexibility index (Phi) is 6.22. The molecular formula is C25H28F2N4O4. The van der Waals surface area contributed by atoms with Crippen molar-refractivity contribution in [3.05, 3.63) is 42.2 Å². The van der Waals surface area contributed by atoms with E-state index in [2.05, 4.69) is 10.3 Å². The molecule has 2 aliphatic carbocycles. The number of aromatic nitrogens is 2. The number of nitrogens with two attached hydrogens (primary N) is 1. The topological polar surface area (TPSA) is 100 Å². The third-order valence-electron chi connectivity index (χ3n) is 6.81. The smallest absolute Gasteiger partial charge is 0.387 e. The number of methoxy groups -OCH3 is 1. The molecule has 3 N–H and O–H groups in total. The highest BCUT2D eigenvalue weighted by atomic mass is 19.3. The van der Waals surface area contributed by atoms with Crippen LogP contribution in [-0.4, -0.2) is 48.2 Å². The van der Waals surface area contributed by atoms with E-state index in [0.29, 0.717) is 35.8 Å². The van der Waals surface area contributed by atoms with Crippen LogP contribution in [0.15, 0.2) is 36.7 Å². The molecule has 1 aromatic carbocycles. The maximum Gasteiger partial charge on any atom is 0.387 e. The molecule has 0 bridgehead atoms. The van der Waals surface area contributed by atoms with Gasteiger partial charge in [0, 0.05) is 35.8 Å². The molecule has 2 saturated carbocycles. The molecule has 0 aliphatic heterocycles. The molecule has 3 aromatic rings. The van der Waals surface area contributed by atoms with Crippen molar-refractivity contribution in [1.29, 1.82) is 0 Å². The summed E-state index contributed by atoms with van der Waals surface area (Å²) in [5.74, 6) is 0.0581. The summed E-state index contributed by atoms with van der Waals surface area (Å²) in [5.41, 5.74) is 7.68. The second-order valence-electron chi connectivity index (χ2n) is 9.26. The van der Waals surface area contributed by atoms with Crippen LogP contribution in [0.4, 0.5) is 8.78 Å². The molecule has 1 amide bonds. The van der Waals surface area contributed by atoms with Crippen LogP contribution in [0.1, 0.15) is 42.5 Å². The molecule has 10 heteroatoms. The van der Waals surface area contributed by atoms with Crippen molar-refractivity contribution < 1.29 is 27.8 Å². The fourth-order valence-electron chi connectivity index (χ4n) is 4.38. The number of carbonyl (C=O) groups is 1. The maximum absolute atomic E-state index is 13.2. The highest BCUT2D eigenvalue weighted by Gasteiger charge is 2.36. The molecule has 2 aliphatic rings. The lowest BCUT2D eigenvalue weighted by Crippen LogP contribution is -2.42. The maximum atomic E-state index is 13.2. The predicted molar refractivity (Wildman–Crippen MR) is 125 cm³/mol. The van der Waals surface area contributed by atoms with E-state index < -0.39 is 12.5 Å². The number of imidazole rings is 1. The van der Waals surface area contributed by atoms with Crippen molar-refractivity contribution in [2.75, 3.05) is 20.3 Å². The number of fused-ring (bicyclic) bond motifs is 1. The molecular weight excluding hydrogens is 458 g/mol. The number of hydrogen-bond donors (Lipinski definition) is 2. The van der Waals surface area contributed by atoms with Gasteiger partial charge >= 0.3 is 6.61 Å². The van der Waals surface area contributed by atoms with E-state index in [0.717, 1.165) is 25.7 Å². The van der Waals surface area contributed by atoms with Crippen LogP contribution in [0.5, 0.6) is 17.2 Å². The molecule has 2 fully saturated rings. The SMILES string of the molecule is COc1cc(-c2cnc3cc(OCC4(CN)CCC4)ccn23)cc(OC(F)F)c1C(=O)NC1CC1. The summed E-state index contributed by atoms with van der Waals surface area (Å²) in [6.45, 7) is -1.94. The van der Waals surface area contributed by atoms with E-state index in [1.54, 1.807) is 22.9 Å². The van der Waals surface area contributed by atoms with Gasteiger partial charge in [-0.05, 0) is 43.9 Å². The number of carbonyl (C=O) groups excluding carboxylic acids is 1. The third kappa shape index (κ3) is 4.75. The first kappa shape index (κ1) is 23.3. The Morgan fingerprint density at radius 1 is 1.29 bits per heavy atom. The number of benzene rings is 1. The van der Waals surface area contributed by atoms with E-state index in [1.165, 1.54) is 19.6 Å². The lowest BCUT2D eigenvalue weighted by molar-refractivity contribution is -0.0502. The van der Waals surface area contributed by atoms with Gasteiger partial charge in [-0.2, -0.15) is 8.78 Å². The van der Waals surface area contributed by atoms with Gasteiger partial charge in [0.05, 0.1) is 25.6 Å². The van der Waals surface area contributed by atoms with Crippen molar-refractivity contribution in [3.8, 4) is 28.5 Å². The zero-order valence-electron chi connectivity index (χ0n) is 19.4. The number of pyridine rings is 1. The van der Waals surface area contributed by atoms with Crippen molar-refractivity contribution >= 4 is 11.6 Å². The van der Waals surface area contributed by atoms with Gasteiger partial charge in [0.1, 0.15) is 28.5 Å². The molecule has 0 spiro atoms. The van der Waals surface area contributed by atoms with Crippen LogP contribution in [-0.2, 0) is 0 Å². The molecule has 2 aromatic heterocycles. The highest BCUT2D eigenvalue weighted by molar-refractivity contribution is 6.01. The standard InChI is InChI=1S/C25H28F2N4O4/c1-33-19-9-15(10-20(35-24(26)27)22(19)23(32)30-16-3-4-16)18-12-29-21-11-17(5-8-31(18)21)34-14-25(13-28)6-2-7-25/h5,8-12,16,24H,2-4,6-7,13-14,28H2,1H3,(H,30,32). The quantitative estimate of drug-likeness (QED) is 0.449. The number of ether oxygens (including phenoxy) is 3. The van der Waals surface area contributed by atoms with Crippen molar-refractivity contribution in [3.63, 3.8) is 0 Å². The molecule has 2 heterocycles. The van der Waals surface area contributed by atoms with E-state index >= 15 is 0 Å². The van der Waals surface area contributed by atoms with Crippen LogP contribution in [0, 0.1) is 5.41 Å². The number of rotatable bonds is 10. The van der Waals surface area contributed by atoms with Gasteiger partial charge in [-0.15, -0.1) is 0 Å². The summed E-state index contributed by atoms with van der Waals surface area (Å²) in [6, 6.07) is 6.72. The summed E-state index contributed by atoms with van der Waals surface area (Å²) in [7, 11) is 1.38. The molecule has 0 unspecified atom stereocenters. The Labute approximate surface area is 201 Å². The average molecular weight is 487 g/mol. The molecule has 0 radical (unpaired) electrons. The monoisotopic (exact) mass is 486 g/mol. The van der Waals surface area contributed by atoms with Crippen LogP contribution in [0.2, 0.25) is 0 Å². The Bertz CT molecular complexity index is 1230. The summed E-state index contributed by atoms with van der Waals surface area (Å²) >= 11 is 0. The van der Waals surface area contributed by atoms with E-state index in [9.17, 15) is 13.6 Å². The van der Waals surface area contributed by atoms with E-state index in [-0.39, 0.29) is 28.5 Å². The zero-order chi connectivity index (χ0) is 24.6. The van der Waals surface area contributed by atoms with Crippen molar-refractivity contribution in [2.45, 2.75) is 44.8 Å². The first-order valence-corrected chi connectivity index (χ1v) is 11.7. The Morgan fingerprint density at radius 2 is 2.06 bits per heavy atom. The molecule has 186 valence electrons. The second-order valence-corrected chi connectivity index (χ2v) is 9.26. The van der Waals surface area contributed by atoms with Gasteiger partial charge in [0.15, 0.2) is 0 Å². The van der Waals surface area contributed by atoms with Gasteiger partial charge in [-0.3, -0.25) is 9.20 Å². The minimum absolute atomic E-state index is 0.0468. The van der Waals surface area contributed by atoms with Gasteiger partial charge in [0.2, 0.25) is 0 Å². The van der Waals surface area contributed by atoms with Gasteiger partial charge in [-0.25, -0.2) is 4.98 Å². The highest BCUT2D eigenvalue weighted by Crippen LogP contribution is 2.40. The van der Waals surface area contributed by atoms with Gasteiger partial charge in [-0.1, -0.05) is 6.42 Å². The normalized spacial score (nSPS) is 16.7. The van der Waals surface area contributed by atoms with E-state index in [1.807, 2.05) is 12.1 Å². The first-order chi connectivity index (χ1) is 16.9. The fourth-order valence-corrected chi connectivity index (χ4v) is 4.38. The second kappa shape index (κ2) is 9.33. The number of halogens is 2. The minimum atomic E-state index is -3.10.